The molecule has 0 amide bonds. The van der Waals surface area contributed by atoms with E-state index in [1.807, 2.05) is 0 Å². The summed E-state index contributed by atoms with van der Waals surface area (Å²) in [7, 11) is 0. The first-order valence-electron chi connectivity index (χ1n) is 8.98. The van der Waals surface area contributed by atoms with E-state index in [1.54, 1.807) is 13.8 Å². The molecule has 0 saturated heterocycles. The normalized spacial score (nSPS) is 16.3. The zero-order valence-corrected chi connectivity index (χ0v) is 17.7. The Labute approximate surface area is 169 Å². The smallest absolute Gasteiger partial charge is 0.370 e. The van der Waals surface area contributed by atoms with Crippen molar-refractivity contribution in [2.75, 3.05) is 12.5 Å². The second-order valence-corrected chi connectivity index (χ2v) is 9.11. The molecule has 0 bridgehead atoms. The number of Topliss-reactive ketones (excluding diaryl/α,β-unsaturated/α-hetero) is 1. The fourth-order valence-electron chi connectivity index (χ4n) is 2.50. The van der Waals surface area contributed by atoms with Gasteiger partial charge in [0.2, 0.25) is 6.79 Å². The van der Waals surface area contributed by atoms with Crippen molar-refractivity contribution in [1.29, 1.82) is 0 Å². The largest absolute Gasteiger partial charge is 0.462 e. The van der Waals surface area contributed by atoms with Crippen molar-refractivity contribution in [3.05, 3.63) is 0 Å². The van der Waals surface area contributed by atoms with Crippen LogP contribution < -0.4 is 0 Å². The number of ketones is 1. The summed E-state index contributed by atoms with van der Waals surface area (Å²) in [5, 5.41) is -0.690. The van der Waals surface area contributed by atoms with Crippen LogP contribution in [0.3, 0.4) is 0 Å². The van der Waals surface area contributed by atoms with Gasteiger partial charge in [-0.15, -0.1) is 0 Å². The molecule has 0 N–H and O–H groups in total. The van der Waals surface area contributed by atoms with Crippen LogP contribution >= 0.6 is 24.4 Å². The highest BCUT2D eigenvalue weighted by Gasteiger charge is 2.32. The molecule has 7 nitrogen and oxygen atoms in total. The second-order valence-electron chi connectivity index (χ2n) is 7.04. The van der Waals surface area contributed by atoms with E-state index in [0.29, 0.717) is 0 Å². The van der Waals surface area contributed by atoms with Crippen LogP contribution in [-0.2, 0) is 28.6 Å². The Balaban J connectivity index is 2.60. The van der Waals surface area contributed by atoms with Crippen molar-refractivity contribution < 1.29 is 33.4 Å². The number of hydrogen-bond donors (Lipinski definition) is 1. The van der Waals surface area contributed by atoms with Crippen LogP contribution in [0.1, 0.15) is 59.3 Å². The Morgan fingerprint density at radius 1 is 1.11 bits per heavy atom. The molecule has 154 valence electrons. The van der Waals surface area contributed by atoms with Gasteiger partial charge in [-0.05, 0) is 51.3 Å². The van der Waals surface area contributed by atoms with Gasteiger partial charge in [-0.2, -0.15) is 12.6 Å². The molecule has 0 aliphatic heterocycles. The Morgan fingerprint density at radius 3 is 2.30 bits per heavy atom. The van der Waals surface area contributed by atoms with E-state index >= 15 is 0 Å². The monoisotopic (exact) mass is 420 g/mol. The van der Waals surface area contributed by atoms with E-state index in [9.17, 15) is 19.2 Å². The Morgan fingerprint density at radius 2 is 1.74 bits per heavy atom. The summed E-state index contributed by atoms with van der Waals surface area (Å²) in [6.45, 7) is 4.02. The maximum absolute atomic E-state index is 12.6. The van der Waals surface area contributed by atoms with Gasteiger partial charge in [-0.25, -0.2) is 4.79 Å². The number of carbonyl (C=O) groups is 4. The second kappa shape index (κ2) is 11.6. The Kier molecular flexibility index (Phi) is 10.2. The highest BCUT2D eigenvalue weighted by Crippen LogP contribution is 2.26. The van der Waals surface area contributed by atoms with Gasteiger partial charge in [0.05, 0.1) is 10.7 Å². The fourth-order valence-corrected chi connectivity index (χ4v) is 3.31. The first-order chi connectivity index (χ1) is 12.6. The molecule has 1 aliphatic rings. The van der Waals surface area contributed by atoms with Crippen LogP contribution in [-0.4, -0.2) is 46.4 Å². The molecule has 1 rings (SSSR count). The SMILES string of the molecule is CC(=O)OCOC(=O)SC[C@H](CC(=O)C(C)(C)S)C(=O)OC1CCCCC1. The van der Waals surface area contributed by atoms with E-state index < -0.39 is 34.7 Å². The first kappa shape index (κ1) is 23.8. The van der Waals surface area contributed by atoms with Gasteiger partial charge >= 0.3 is 17.2 Å². The lowest BCUT2D eigenvalue weighted by Crippen LogP contribution is -2.33. The summed E-state index contributed by atoms with van der Waals surface area (Å²) >= 11 is 5.00. The molecule has 0 unspecified atom stereocenters. The molecule has 1 saturated carbocycles. The van der Waals surface area contributed by atoms with Crippen LogP contribution in [0.4, 0.5) is 4.79 Å². The first-order valence-corrected chi connectivity index (χ1v) is 10.4. The number of thioether (sulfide) groups is 1. The lowest BCUT2D eigenvalue weighted by atomic mass is 9.95. The fraction of sp³-hybridized carbons (Fsp3) is 0.778. The lowest BCUT2D eigenvalue weighted by Gasteiger charge is -2.25. The van der Waals surface area contributed by atoms with Gasteiger partial charge in [0.15, 0.2) is 0 Å². The third-order valence-electron chi connectivity index (χ3n) is 4.12. The van der Waals surface area contributed by atoms with Gasteiger partial charge in [0, 0.05) is 19.1 Å². The molecule has 0 aromatic rings. The minimum atomic E-state index is -0.885. The average Bonchev–Trinajstić information content (AvgIpc) is 2.57. The summed E-state index contributed by atoms with van der Waals surface area (Å²) in [6.07, 6.45) is 4.61. The maximum Gasteiger partial charge on any atom is 0.370 e. The molecule has 27 heavy (non-hydrogen) atoms. The van der Waals surface area contributed by atoms with Gasteiger partial charge in [0.1, 0.15) is 11.9 Å². The minimum absolute atomic E-state index is 0.0417. The molecule has 0 spiro atoms. The van der Waals surface area contributed by atoms with E-state index in [-0.39, 0.29) is 24.1 Å². The molecule has 0 heterocycles. The van der Waals surface area contributed by atoms with Crippen molar-refractivity contribution in [2.45, 2.75) is 70.1 Å². The number of thiol groups is 1. The van der Waals surface area contributed by atoms with E-state index in [1.165, 1.54) is 6.92 Å². The van der Waals surface area contributed by atoms with Crippen LogP contribution in [0.25, 0.3) is 0 Å². The molecule has 1 atom stereocenters. The van der Waals surface area contributed by atoms with Crippen LogP contribution in [0, 0.1) is 5.92 Å². The molecular formula is C18H28O7S2. The van der Waals surface area contributed by atoms with Crippen molar-refractivity contribution >= 4 is 47.4 Å². The van der Waals surface area contributed by atoms with Crippen molar-refractivity contribution in [3.8, 4) is 0 Å². The topological polar surface area (TPSA) is 96.0 Å². The Hall–Kier alpha value is -1.22. The molecule has 9 heteroatoms. The summed E-state index contributed by atoms with van der Waals surface area (Å²) in [5.74, 6) is -1.97. The maximum atomic E-state index is 12.6. The predicted molar refractivity (Wildman–Crippen MR) is 105 cm³/mol. The number of hydrogen-bond acceptors (Lipinski definition) is 9. The Bertz CT molecular complexity index is 536. The summed E-state index contributed by atoms with van der Waals surface area (Å²) in [5.41, 5.74) is 0. The summed E-state index contributed by atoms with van der Waals surface area (Å²) in [4.78, 5) is 47.2. The number of carbonyl (C=O) groups excluding carboxylic acids is 4. The molecule has 0 aromatic heterocycles. The number of rotatable bonds is 9. The van der Waals surface area contributed by atoms with Crippen molar-refractivity contribution in [2.24, 2.45) is 5.92 Å². The third-order valence-corrected chi connectivity index (χ3v) is 5.30. The van der Waals surface area contributed by atoms with E-state index in [2.05, 4.69) is 17.4 Å². The van der Waals surface area contributed by atoms with Gasteiger partial charge in [-0.3, -0.25) is 14.4 Å². The van der Waals surface area contributed by atoms with Gasteiger partial charge in [0.25, 0.3) is 0 Å². The van der Waals surface area contributed by atoms with Gasteiger partial charge < -0.3 is 14.2 Å². The number of ether oxygens (including phenoxy) is 3. The molecule has 0 aromatic carbocycles. The highest BCUT2D eigenvalue weighted by molar-refractivity contribution is 8.13. The molecule has 0 radical (unpaired) electrons. The highest BCUT2D eigenvalue weighted by atomic mass is 32.2. The summed E-state index contributed by atoms with van der Waals surface area (Å²) in [6, 6.07) is 0. The summed E-state index contributed by atoms with van der Waals surface area (Å²) < 4.78 is 13.9. The van der Waals surface area contributed by atoms with E-state index in [4.69, 9.17) is 9.47 Å². The van der Waals surface area contributed by atoms with E-state index in [0.717, 1.165) is 43.9 Å². The standard InChI is InChI=1S/C18H28O7S2/c1-12(19)23-11-24-17(22)27-10-13(9-15(20)18(2,3)26)16(21)25-14-7-5-4-6-8-14/h13-14,26H,4-11H2,1-3H3/t13-/m0/s1. The minimum Gasteiger partial charge on any atom is -0.462 e. The predicted octanol–water partition coefficient (Wildman–Crippen LogP) is 3.54. The average molecular weight is 421 g/mol. The quantitative estimate of drug-likeness (QED) is 0.344. The van der Waals surface area contributed by atoms with Crippen LogP contribution in [0.5, 0.6) is 0 Å². The van der Waals surface area contributed by atoms with Crippen LogP contribution in [0.2, 0.25) is 0 Å². The molecule has 1 aliphatic carbocycles. The third kappa shape index (κ3) is 10.0. The molecular weight excluding hydrogens is 392 g/mol. The zero-order valence-electron chi connectivity index (χ0n) is 16.0. The lowest BCUT2D eigenvalue weighted by molar-refractivity contribution is -0.156. The van der Waals surface area contributed by atoms with Crippen LogP contribution in [0.15, 0.2) is 0 Å². The zero-order chi connectivity index (χ0) is 20.4. The molecule has 1 fully saturated rings. The van der Waals surface area contributed by atoms with Crippen molar-refractivity contribution in [3.63, 3.8) is 0 Å². The van der Waals surface area contributed by atoms with Gasteiger partial charge in [-0.1, -0.05) is 6.42 Å². The number of esters is 2. The van der Waals surface area contributed by atoms with Crippen molar-refractivity contribution in [1.82, 2.24) is 0 Å².